The number of unbranched alkanes of at least 4 members (excludes halogenated alkanes) is 2. The summed E-state index contributed by atoms with van der Waals surface area (Å²) in [6.45, 7) is 11.7. The first kappa shape index (κ1) is 21.0. The van der Waals surface area contributed by atoms with Gasteiger partial charge in [0, 0.05) is 26.2 Å². The molecule has 2 atom stereocenters. The van der Waals surface area contributed by atoms with Crippen LogP contribution in [0.15, 0.2) is 0 Å². The minimum absolute atomic E-state index is 0.276. The molecule has 1 heterocycles. The fraction of sp³-hybridized carbons (Fsp3) is 0.900. The van der Waals surface area contributed by atoms with Gasteiger partial charge in [0.25, 0.3) is 0 Å². The summed E-state index contributed by atoms with van der Waals surface area (Å²) in [4.78, 5) is 28.6. The first-order valence-electron chi connectivity index (χ1n) is 10.1. The van der Waals surface area contributed by atoms with Gasteiger partial charge < -0.3 is 9.80 Å². The Bertz CT molecular complexity index is 348. The Kier molecular flexibility index (Phi) is 10.0. The van der Waals surface area contributed by atoms with Crippen molar-refractivity contribution < 1.29 is 9.59 Å². The molecule has 1 aliphatic rings. The second-order valence-corrected chi connectivity index (χ2v) is 7.34. The molecule has 24 heavy (non-hydrogen) atoms. The molecule has 0 bridgehead atoms. The Hall–Kier alpha value is -1.06. The Labute approximate surface area is 149 Å². The first-order chi connectivity index (χ1) is 11.6. The molecular weight excluding hydrogens is 300 g/mol. The summed E-state index contributed by atoms with van der Waals surface area (Å²) < 4.78 is 0. The van der Waals surface area contributed by atoms with Crippen molar-refractivity contribution in [2.75, 3.05) is 26.2 Å². The lowest BCUT2D eigenvalue weighted by molar-refractivity contribution is -0.157. The van der Waals surface area contributed by atoms with Crippen molar-refractivity contribution in [3.63, 3.8) is 0 Å². The van der Waals surface area contributed by atoms with Gasteiger partial charge in [0.2, 0.25) is 0 Å². The Morgan fingerprint density at radius 2 is 1.12 bits per heavy atom. The highest BCUT2D eigenvalue weighted by molar-refractivity contribution is 6.35. The van der Waals surface area contributed by atoms with Gasteiger partial charge in [0.15, 0.2) is 0 Å². The van der Waals surface area contributed by atoms with Gasteiger partial charge in [-0.05, 0) is 24.7 Å². The standard InChI is InChI=1S/C20H38N2O2/c1-5-9-11-17(7-3)15-21-13-14-22(20(24)19(21)23)16-18(8-4)12-10-6-2/h17-18H,5-16H2,1-4H3. The van der Waals surface area contributed by atoms with Crippen LogP contribution in [0.25, 0.3) is 0 Å². The molecule has 0 aromatic carbocycles. The summed E-state index contributed by atoms with van der Waals surface area (Å²) in [5, 5.41) is 0. The maximum Gasteiger partial charge on any atom is 0.312 e. The molecule has 140 valence electrons. The Morgan fingerprint density at radius 3 is 1.42 bits per heavy atom. The van der Waals surface area contributed by atoms with Crippen molar-refractivity contribution in [3.8, 4) is 0 Å². The Morgan fingerprint density at radius 1 is 0.750 bits per heavy atom. The largest absolute Gasteiger partial charge is 0.332 e. The molecular formula is C20H38N2O2. The highest BCUT2D eigenvalue weighted by Gasteiger charge is 2.33. The molecule has 0 aromatic heterocycles. The maximum absolute atomic E-state index is 12.5. The topological polar surface area (TPSA) is 40.6 Å². The number of nitrogens with zero attached hydrogens (tertiary/aromatic N) is 2. The van der Waals surface area contributed by atoms with Gasteiger partial charge in [-0.2, -0.15) is 0 Å². The zero-order valence-electron chi connectivity index (χ0n) is 16.4. The van der Waals surface area contributed by atoms with Crippen molar-refractivity contribution in [1.82, 2.24) is 9.80 Å². The Balaban J connectivity index is 2.54. The van der Waals surface area contributed by atoms with E-state index in [1.165, 1.54) is 25.7 Å². The van der Waals surface area contributed by atoms with E-state index in [0.717, 1.165) is 38.8 Å². The number of rotatable bonds is 12. The lowest BCUT2D eigenvalue weighted by Gasteiger charge is -2.37. The van der Waals surface area contributed by atoms with Crippen molar-refractivity contribution in [2.24, 2.45) is 11.8 Å². The third kappa shape index (κ3) is 6.45. The molecule has 2 amide bonds. The molecule has 1 aliphatic heterocycles. The van der Waals surface area contributed by atoms with E-state index in [0.29, 0.717) is 24.9 Å². The van der Waals surface area contributed by atoms with E-state index in [4.69, 9.17) is 0 Å². The average molecular weight is 339 g/mol. The predicted molar refractivity (Wildman–Crippen MR) is 99.8 cm³/mol. The van der Waals surface area contributed by atoms with E-state index in [1.54, 1.807) is 9.80 Å². The van der Waals surface area contributed by atoms with Crippen LogP contribution in [-0.4, -0.2) is 47.8 Å². The van der Waals surface area contributed by atoms with Gasteiger partial charge in [0.1, 0.15) is 0 Å². The lowest BCUT2D eigenvalue weighted by Crippen LogP contribution is -2.56. The molecule has 0 spiro atoms. The molecule has 1 rings (SSSR count). The zero-order valence-corrected chi connectivity index (χ0v) is 16.4. The smallest absolute Gasteiger partial charge is 0.312 e. The molecule has 0 aromatic rings. The number of amides is 2. The van der Waals surface area contributed by atoms with Gasteiger partial charge in [-0.3, -0.25) is 9.59 Å². The van der Waals surface area contributed by atoms with Crippen LogP contribution >= 0.6 is 0 Å². The van der Waals surface area contributed by atoms with Crippen LogP contribution in [0.4, 0.5) is 0 Å². The van der Waals surface area contributed by atoms with Crippen LogP contribution in [0.5, 0.6) is 0 Å². The second kappa shape index (κ2) is 11.5. The van der Waals surface area contributed by atoms with Gasteiger partial charge in [-0.15, -0.1) is 0 Å². The molecule has 2 unspecified atom stereocenters. The quantitative estimate of drug-likeness (QED) is 0.503. The van der Waals surface area contributed by atoms with E-state index >= 15 is 0 Å². The number of hydrogen-bond donors (Lipinski definition) is 0. The molecule has 0 saturated carbocycles. The fourth-order valence-corrected chi connectivity index (χ4v) is 3.52. The van der Waals surface area contributed by atoms with E-state index < -0.39 is 0 Å². The molecule has 0 aliphatic carbocycles. The number of hydrogen-bond acceptors (Lipinski definition) is 2. The SMILES string of the molecule is CCCCC(CC)CN1CCN(CC(CC)CCCC)C(=O)C1=O. The summed E-state index contributed by atoms with van der Waals surface area (Å²) in [7, 11) is 0. The molecule has 0 N–H and O–H groups in total. The normalized spacial score (nSPS) is 18.2. The van der Waals surface area contributed by atoms with E-state index in [1.807, 2.05) is 0 Å². The summed E-state index contributed by atoms with van der Waals surface area (Å²) >= 11 is 0. The molecule has 4 nitrogen and oxygen atoms in total. The summed E-state index contributed by atoms with van der Waals surface area (Å²) in [5.41, 5.74) is 0. The van der Waals surface area contributed by atoms with Crippen molar-refractivity contribution in [1.29, 1.82) is 0 Å². The lowest BCUT2D eigenvalue weighted by atomic mass is 9.97. The average Bonchev–Trinajstić information content (AvgIpc) is 2.60. The predicted octanol–water partition coefficient (Wildman–Crippen LogP) is 4.09. The fourth-order valence-electron chi connectivity index (χ4n) is 3.52. The van der Waals surface area contributed by atoms with E-state index in [2.05, 4.69) is 27.7 Å². The van der Waals surface area contributed by atoms with Crippen LogP contribution < -0.4 is 0 Å². The van der Waals surface area contributed by atoms with Crippen LogP contribution in [0.2, 0.25) is 0 Å². The number of piperazine rings is 1. The monoisotopic (exact) mass is 338 g/mol. The highest BCUT2D eigenvalue weighted by Crippen LogP contribution is 2.19. The van der Waals surface area contributed by atoms with Crippen molar-refractivity contribution in [2.45, 2.75) is 79.1 Å². The van der Waals surface area contributed by atoms with Gasteiger partial charge in [-0.25, -0.2) is 0 Å². The molecule has 1 saturated heterocycles. The van der Waals surface area contributed by atoms with Crippen LogP contribution in [0.3, 0.4) is 0 Å². The van der Waals surface area contributed by atoms with Crippen molar-refractivity contribution in [3.05, 3.63) is 0 Å². The van der Waals surface area contributed by atoms with E-state index in [9.17, 15) is 9.59 Å². The van der Waals surface area contributed by atoms with Crippen molar-refractivity contribution >= 4 is 11.8 Å². The summed E-state index contributed by atoms with van der Waals surface area (Å²) in [6, 6.07) is 0. The zero-order chi connectivity index (χ0) is 17.9. The van der Waals surface area contributed by atoms with Gasteiger partial charge in [0.05, 0.1) is 0 Å². The number of carbonyl (C=O) groups is 2. The van der Waals surface area contributed by atoms with Crippen LogP contribution in [0, 0.1) is 11.8 Å². The molecule has 4 heteroatoms. The molecule has 0 radical (unpaired) electrons. The highest BCUT2D eigenvalue weighted by atomic mass is 16.2. The maximum atomic E-state index is 12.5. The minimum atomic E-state index is -0.276. The molecule has 1 fully saturated rings. The van der Waals surface area contributed by atoms with Gasteiger partial charge in [-0.1, -0.05) is 66.2 Å². The number of carbonyl (C=O) groups excluding carboxylic acids is 2. The third-order valence-electron chi connectivity index (χ3n) is 5.44. The van der Waals surface area contributed by atoms with Crippen LogP contribution in [-0.2, 0) is 9.59 Å². The summed E-state index contributed by atoms with van der Waals surface area (Å²) in [6.07, 6.45) is 9.26. The second-order valence-electron chi connectivity index (χ2n) is 7.34. The third-order valence-corrected chi connectivity index (χ3v) is 5.44. The van der Waals surface area contributed by atoms with E-state index in [-0.39, 0.29) is 11.8 Å². The van der Waals surface area contributed by atoms with Crippen LogP contribution in [0.1, 0.15) is 79.1 Å². The summed E-state index contributed by atoms with van der Waals surface area (Å²) in [5.74, 6) is 0.505. The van der Waals surface area contributed by atoms with Gasteiger partial charge >= 0.3 is 11.8 Å². The minimum Gasteiger partial charge on any atom is -0.332 e. The first-order valence-corrected chi connectivity index (χ1v) is 10.1.